The van der Waals surface area contributed by atoms with E-state index in [0.717, 1.165) is 31.3 Å². The molecule has 0 spiro atoms. The van der Waals surface area contributed by atoms with Crippen LogP contribution in [0.3, 0.4) is 0 Å². The van der Waals surface area contributed by atoms with Gasteiger partial charge in [0.2, 0.25) is 0 Å². The average molecular weight is 399 g/mol. The number of nitrogens with zero attached hydrogens (tertiary/aromatic N) is 1. The molecule has 0 radical (unpaired) electrons. The molecule has 1 aromatic heterocycles. The zero-order valence-electron chi connectivity index (χ0n) is 14.2. The Morgan fingerprint density at radius 1 is 1.22 bits per heavy atom. The summed E-state index contributed by atoms with van der Waals surface area (Å²) in [5, 5.41) is 5.32. The second-order valence-electron chi connectivity index (χ2n) is 6.04. The number of ether oxygens (including phenoxy) is 1. The maximum absolute atomic E-state index is 14.0. The Morgan fingerprint density at radius 3 is 2.44 bits per heavy atom. The first kappa shape index (κ1) is 19.2. The maximum Gasteiger partial charge on any atom is 0.442 e. The predicted octanol–water partition coefficient (Wildman–Crippen LogP) is 3.29. The van der Waals surface area contributed by atoms with Crippen LogP contribution in [0.5, 0.6) is 0 Å². The van der Waals surface area contributed by atoms with E-state index in [1.165, 1.54) is 24.3 Å². The number of carbonyl (C=O) groups excluding carboxylic acids is 2. The van der Waals surface area contributed by atoms with Gasteiger partial charge in [0.05, 0.1) is 12.8 Å². The quantitative estimate of drug-likeness (QED) is 0.576. The Kier molecular flexibility index (Phi) is 5.09. The van der Waals surface area contributed by atoms with Crippen molar-refractivity contribution in [2.75, 3.05) is 12.4 Å². The second-order valence-corrected chi connectivity index (χ2v) is 6.89. The van der Waals surface area contributed by atoms with Gasteiger partial charge in [-0.3, -0.25) is 4.79 Å². The summed E-state index contributed by atoms with van der Waals surface area (Å²) in [5.74, 6) is -2.54. The SMILES string of the molecule is COC(=O)C(NC(=O)c1ccccc1)(Nc1nc(C2CC2)cs1)C(F)(F)F. The minimum Gasteiger partial charge on any atom is -0.466 e. The van der Waals surface area contributed by atoms with Crippen LogP contribution in [0, 0.1) is 0 Å². The van der Waals surface area contributed by atoms with Crippen molar-refractivity contribution < 1.29 is 27.5 Å². The van der Waals surface area contributed by atoms with Crippen molar-refractivity contribution in [1.29, 1.82) is 0 Å². The monoisotopic (exact) mass is 399 g/mol. The molecule has 6 nitrogen and oxygen atoms in total. The summed E-state index contributed by atoms with van der Waals surface area (Å²) in [6.07, 6.45) is -3.33. The summed E-state index contributed by atoms with van der Waals surface area (Å²) in [6, 6.07) is 7.28. The van der Waals surface area contributed by atoms with Crippen LogP contribution >= 0.6 is 11.3 Å². The van der Waals surface area contributed by atoms with Gasteiger partial charge >= 0.3 is 17.8 Å². The zero-order valence-corrected chi connectivity index (χ0v) is 15.0. The molecule has 1 unspecified atom stereocenters. The summed E-state index contributed by atoms with van der Waals surface area (Å²) < 4.78 is 46.2. The van der Waals surface area contributed by atoms with Crippen molar-refractivity contribution in [2.24, 2.45) is 0 Å². The number of hydrogen-bond acceptors (Lipinski definition) is 6. The Hall–Kier alpha value is -2.62. The minimum absolute atomic E-state index is 0.0327. The van der Waals surface area contributed by atoms with Crippen LogP contribution in [-0.2, 0) is 9.53 Å². The number of anilines is 1. The van der Waals surface area contributed by atoms with E-state index in [1.54, 1.807) is 16.8 Å². The first-order valence-electron chi connectivity index (χ1n) is 8.03. The van der Waals surface area contributed by atoms with Gasteiger partial charge in [-0.1, -0.05) is 18.2 Å². The van der Waals surface area contributed by atoms with E-state index >= 15 is 0 Å². The third-order valence-corrected chi connectivity index (χ3v) is 4.84. The Bertz CT molecular complexity index is 837. The molecule has 0 bridgehead atoms. The molecule has 27 heavy (non-hydrogen) atoms. The molecule has 2 N–H and O–H groups in total. The van der Waals surface area contributed by atoms with E-state index in [4.69, 9.17) is 0 Å². The van der Waals surface area contributed by atoms with Crippen molar-refractivity contribution in [1.82, 2.24) is 10.3 Å². The molecule has 0 aliphatic heterocycles. The lowest BCUT2D eigenvalue weighted by Gasteiger charge is -2.34. The summed E-state index contributed by atoms with van der Waals surface area (Å²) in [4.78, 5) is 28.6. The van der Waals surface area contributed by atoms with Crippen LogP contribution in [0.1, 0.15) is 34.8 Å². The fourth-order valence-electron chi connectivity index (χ4n) is 2.45. The number of nitrogens with one attached hydrogen (secondary N) is 2. The van der Waals surface area contributed by atoms with Gasteiger partial charge < -0.3 is 15.4 Å². The number of halogens is 3. The number of amides is 1. The number of esters is 1. The molecule has 1 saturated carbocycles. The highest BCUT2D eigenvalue weighted by Crippen LogP contribution is 2.42. The largest absolute Gasteiger partial charge is 0.466 e. The average Bonchev–Trinajstić information content (AvgIpc) is 3.39. The lowest BCUT2D eigenvalue weighted by Crippen LogP contribution is -2.69. The molecule has 1 aliphatic rings. The normalized spacial score (nSPS) is 16.3. The number of thiazole rings is 1. The molecule has 1 atom stereocenters. The standard InChI is InChI=1S/C17H16F3N3O3S/c1-26-14(25)16(17(18,19)20,22-13(24)11-5-3-2-4-6-11)23-15-21-12(9-27-15)10-7-8-10/h2-6,9-10H,7-8H2,1H3,(H,21,23)(H,22,24). The number of hydrogen-bond donors (Lipinski definition) is 2. The van der Waals surface area contributed by atoms with Crippen molar-refractivity contribution >= 4 is 28.3 Å². The molecule has 144 valence electrons. The molecule has 1 fully saturated rings. The second kappa shape index (κ2) is 7.18. The third-order valence-electron chi connectivity index (χ3n) is 4.07. The van der Waals surface area contributed by atoms with E-state index in [-0.39, 0.29) is 16.6 Å². The fraction of sp³-hybridized carbons (Fsp3) is 0.353. The number of methoxy groups -OCH3 is 1. The van der Waals surface area contributed by atoms with Gasteiger partial charge in [0.25, 0.3) is 5.91 Å². The highest BCUT2D eigenvalue weighted by Gasteiger charge is 2.64. The molecule has 2 aromatic rings. The van der Waals surface area contributed by atoms with Gasteiger partial charge in [0.15, 0.2) is 5.13 Å². The van der Waals surface area contributed by atoms with Gasteiger partial charge in [-0.2, -0.15) is 13.2 Å². The molecule has 3 rings (SSSR count). The Balaban J connectivity index is 1.95. The van der Waals surface area contributed by atoms with Crippen LogP contribution in [0.25, 0.3) is 0 Å². The molecule has 1 aromatic carbocycles. The van der Waals surface area contributed by atoms with Crippen molar-refractivity contribution in [3.8, 4) is 0 Å². The van der Waals surface area contributed by atoms with E-state index in [9.17, 15) is 22.8 Å². The topological polar surface area (TPSA) is 80.3 Å². The number of benzene rings is 1. The summed E-state index contributed by atoms with van der Waals surface area (Å²) in [5.41, 5.74) is -2.83. The smallest absolute Gasteiger partial charge is 0.442 e. The van der Waals surface area contributed by atoms with E-state index in [2.05, 4.69) is 15.0 Å². The number of carbonyl (C=O) groups is 2. The molecule has 1 heterocycles. The first-order valence-corrected chi connectivity index (χ1v) is 8.91. The van der Waals surface area contributed by atoms with Crippen LogP contribution in [0.4, 0.5) is 18.3 Å². The number of aromatic nitrogens is 1. The Labute approximate surface area is 156 Å². The summed E-state index contributed by atoms with van der Waals surface area (Å²) >= 11 is 0.930. The third kappa shape index (κ3) is 3.90. The van der Waals surface area contributed by atoms with Gasteiger partial charge in [0, 0.05) is 16.9 Å². The number of alkyl halides is 3. The highest BCUT2D eigenvalue weighted by molar-refractivity contribution is 7.13. The van der Waals surface area contributed by atoms with Crippen molar-refractivity contribution in [3.05, 3.63) is 47.0 Å². The Morgan fingerprint density at radius 2 is 1.89 bits per heavy atom. The molecule has 0 saturated heterocycles. The molecular formula is C17H16F3N3O3S. The molecule has 1 amide bonds. The van der Waals surface area contributed by atoms with Crippen molar-refractivity contribution in [2.45, 2.75) is 30.6 Å². The summed E-state index contributed by atoms with van der Waals surface area (Å²) in [7, 11) is 0.816. The van der Waals surface area contributed by atoms with E-state index < -0.39 is 23.7 Å². The molecular weight excluding hydrogens is 383 g/mol. The minimum atomic E-state index is -5.18. The van der Waals surface area contributed by atoms with E-state index in [0.29, 0.717) is 5.69 Å². The number of rotatable bonds is 6. The van der Waals surface area contributed by atoms with E-state index in [1.807, 2.05) is 0 Å². The van der Waals surface area contributed by atoms with Crippen molar-refractivity contribution in [3.63, 3.8) is 0 Å². The van der Waals surface area contributed by atoms with Crippen LogP contribution in [-0.4, -0.2) is 35.8 Å². The maximum atomic E-state index is 14.0. The summed E-state index contributed by atoms with van der Waals surface area (Å²) in [6.45, 7) is 0. The van der Waals surface area contributed by atoms with Gasteiger partial charge in [0.1, 0.15) is 0 Å². The van der Waals surface area contributed by atoms with Crippen LogP contribution in [0.15, 0.2) is 35.7 Å². The lowest BCUT2D eigenvalue weighted by molar-refractivity contribution is -0.203. The predicted molar refractivity (Wildman–Crippen MR) is 92.4 cm³/mol. The lowest BCUT2D eigenvalue weighted by atomic mass is 10.1. The van der Waals surface area contributed by atoms with Crippen LogP contribution < -0.4 is 10.6 Å². The van der Waals surface area contributed by atoms with Gasteiger partial charge in [-0.15, -0.1) is 11.3 Å². The van der Waals surface area contributed by atoms with Crippen LogP contribution in [0.2, 0.25) is 0 Å². The van der Waals surface area contributed by atoms with Gasteiger partial charge in [-0.25, -0.2) is 9.78 Å². The highest BCUT2D eigenvalue weighted by atomic mass is 32.1. The van der Waals surface area contributed by atoms with Gasteiger partial charge in [-0.05, 0) is 25.0 Å². The fourth-order valence-corrected chi connectivity index (χ4v) is 3.29. The molecule has 1 aliphatic carbocycles. The molecule has 10 heteroatoms. The first-order chi connectivity index (χ1) is 12.8. The zero-order chi connectivity index (χ0) is 19.7.